The number of anilines is 2. The van der Waals surface area contributed by atoms with Gasteiger partial charge in [0.05, 0.1) is 29.3 Å². The van der Waals surface area contributed by atoms with E-state index in [1.54, 1.807) is 6.07 Å². The lowest BCUT2D eigenvalue weighted by Gasteiger charge is -2.22. The number of ether oxygens (including phenoxy) is 1. The van der Waals surface area contributed by atoms with Crippen LogP contribution in [0.1, 0.15) is 48.5 Å². The fraction of sp³-hybridized carbons (Fsp3) is 0.381. The first-order valence-electron chi connectivity index (χ1n) is 9.49. The topological polar surface area (TPSA) is 80.3 Å². The number of rotatable bonds is 6. The molecule has 1 unspecified atom stereocenters. The number of carbonyl (C=O) groups excluding carboxylic acids is 2. The van der Waals surface area contributed by atoms with Crippen LogP contribution in [0.4, 0.5) is 15.9 Å². The van der Waals surface area contributed by atoms with Crippen LogP contribution in [0.25, 0.3) is 0 Å². The van der Waals surface area contributed by atoms with E-state index in [0.29, 0.717) is 36.6 Å². The molecule has 1 saturated heterocycles. The SMILES string of the molecule is CC(C)c1cc(Nc2ccc(F)cc2Cl)ncc1C(=O)NCC1CCOC(=O)C1. The summed E-state index contributed by atoms with van der Waals surface area (Å²) in [4.78, 5) is 28.4. The lowest BCUT2D eigenvalue weighted by Crippen LogP contribution is -2.34. The van der Waals surface area contributed by atoms with Gasteiger partial charge in [0.2, 0.25) is 0 Å². The second-order valence-electron chi connectivity index (χ2n) is 7.35. The Hall–Kier alpha value is -2.67. The Bertz CT molecular complexity index is 920. The molecule has 2 N–H and O–H groups in total. The van der Waals surface area contributed by atoms with Crippen molar-refractivity contribution >= 4 is 35.0 Å². The van der Waals surface area contributed by atoms with Crippen molar-refractivity contribution in [2.45, 2.75) is 32.6 Å². The third kappa shape index (κ3) is 5.44. The quantitative estimate of drug-likeness (QED) is 0.677. The van der Waals surface area contributed by atoms with Crippen LogP contribution < -0.4 is 10.6 Å². The summed E-state index contributed by atoms with van der Waals surface area (Å²) in [7, 11) is 0. The van der Waals surface area contributed by atoms with Crippen molar-refractivity contribution in [3.05, 3.63) is 52.4 Å². The van der Waals surface area contributed by atoms with Gasteiger partial charge in [0.15, 0.2) is 0 Å². The number of hydrogen-bond acceptors (Lipinski definition) is 5. The zero-order chi connectivity index (χ0) is 21.0. The molecule has 0 saturated carbocycles. The largest absolute Gasteiger partial charge is 0.466 e. The van der Waals surface area contributed by atoms with Crippen molar-refractivity contribution in [3.8, 4) is 0 Å². The minimum atomic E-state index is -0.422. The van der Waals surface area contributed by atoms with E-state index in [9.17, 15) is 14.0 Å². The number of benzene rings is 1. The van der Waals surface area contributed by atoms with Crippen molar-refractivity contribution < 1.29 is 18.7 Å². The molecule has 6 nitrogen and oxygen atoms in total. The molecule has 2 aromatic rings. The fourth-order valence-corrected chi connectivity index (χ4v) is 3.39. The average Bonchev–Trinajstić information content (AvgIpc) is 2.68. The van der Waals surface area contributed by atoms with Gasteiger partial charge in [-0.15, -0.1) is 0 Å². The molecular formula is C21H23ClFN3O3. The van der Waals surface area contributed by atoms with E-state index in [0.717, 1.165) is 12.0 Å². The Morgan fingerprint density at radius 2 is 2.17 bits per heavy atom. The van der Waals surface area contributed by atoms with Crippen LogP contribution in [0.5, 0.6) is 0 Å². The number of pyridine rings is 1. The molecule has 1 aromatic heterocycles. The third-order valence-corrected chi connectivity index (χ3v) is 5.10. The summed E-state index contributed by atoms with van der Waals surface area (Å²) in [6.07, 6.45) is 2.57. The second-order valence-corrected chi connectivity index (χ2v) is 7.76. The Labute approximate surface area is 173 Å². The van der Waals surface area contributed by atoms with Gasteiger partial charge in [0.25, 0.3) is 5.91 Å². The summed E-state index contributed by atoms with van der Waals surface area (Å²) < 4.78 is 18.2. The van der Waals surface area contributed by atoms with Crippen LogP contribution >= 0.6 is 11.6 Å². The van der Waals surface area contributed by atoms with E-state index in [4.69, 9.17) is 16.3 Å². The van der Waals surface area contributed by atoms with Crippen LogP contribution in [0.15, 0.2) is 30.5 Å². The van der Waals surface area contributed by atoms with Gasteiger partial charge in [-0.1, -0.05) is 25.4 Å². The van der Waals surface area contributed by atoms with Crippen LogP contribution in [0, 0.1) is 11.7 Å². The van der Waals surface area contributed by atoms with E-state index >= 15 is 0 Å². The first-order valence-corrected chi connectivity index (χ1v) is 9.87. The molecule has 1 aliphatic rings. The van der Waals surface area contributed by atoms with Crippen molar-refractivity contribution in [2.24, 2.45) is 5.92 Å². The Balaban J connectivity index is 1.73. The molecule has 1 amide bonds. The average molecular weight is 420 g/mol. The lowest BCUT2D eigenvalue weighted by atomic mass is 9.97. The normalized spacial score (nSPS) is 16.4. The Morgan fingerprint density at radius 1 is 1.38 bits per heavy atom. The number of cyclic esters (lactones) is 1. The zero-order valence-corrected chi connectivity index (χ0v) is 17.1. The molecule has 1 aromatic carbocycles. The van der Waals surface area contributed by atoms with Gasteiger partial charge in [-0.2, -0.15) is 0 Å². The van der Waals surface area contributed by atoms with E-state index in [1.807, 2.05) is 13.8 Å². The first-order chi connectivity index (χ1) is 13.8. The van der Waals surface area contributed by atoms with E-state index in [-0.39, 0.29) is 28.7 Å². The molecule has 0 aliphatic carbocycles. The van der Waals surface area contributed by atoms with Gasteiger partial charge in [0, 0.05) is 12.7 Å². The van der Waals surface area contributed by atoms with Gasteiger partial charge in [-0.3, -0.25) is 9.59 Å². The predicted octanol–water partition coefficient (Wildman–Crippen LogP) is 4.42. The zero-order valence-electron chi connectivity index (χ0n) is 16.3. The molecule has 2 heterocycles. The second kappa shape index (κ2) is 9.22. The van der Waals surface area contributed by atoms with Gasteiger partial charge in [-0.25, -0.2) is 9.37 Å². The van der Waals surface area contributed by atoms with E-state index in [2.05, 4.69) is 15.6 Å². The summed E-state index contributed by atoms with van der Waals surface area (Å²) in [6, 6.07) is 5.85. The molecule has 1 atom stereocenters. The van der Waals surface area contributed by atoms with Crippen LogP contribution in [-0.4, -0.2) is 30.0 Å². The molecule has 0 spiro atoms. The third-order valence-electron chi connectivity index (χ3n) is 4.79. The number of nitrogens with zero attached hydrogens (tertiary/aromatic N) is 1. The molecular weight excluding hydrogens is 397 g/mol. The highest BCUT2D eigenvalue weighted by Gasteiger charge is 2.22. The van der Waals surface area contributed by atoms with Crippen molar-refractivity contribution in [1.82, 2.24) is 10.3 Å². The van der Waals surface area contributed by atoms with E-state index < -0.39 is 5.82 Å². The highest BCUT2D eigenvalue weighted by atomic mass is 35.5. The summed E-state index contributed by atoms with van der Waals surface area (Å²) in [5.74, 6) is -0.213. The van der Waals surface area contributed by atoms with Crippen molar-refractivity contribution in [3.63, 3.8) is 0 Å². The minimum Gasteiger partial charge on any atom is -0.466 e. The van der Waals surface area contributed by atoms with Gasteiger partial charge >= 0.3 is 5.97 Å². The fourth-order valence-electron chi connectivity index (χ4n) is 3.18. The Kier molecular flexibility index (Phi) is 6.69. The maximum Gasteiger partial charge on any atom is 0.306 e. The van der Waals surface area contributed by atoms with Crippen LogP contribution in [0.3, 0.4) is 0 Å². The first kappa shape index (κ1) is 21.0. The highest BCUT2D eigenvalue weighted by molar-refractivity contribution is 6.33. The monoisotopic (exact) mass is 419 g/mol. The van der Waals surface area contributed by atoms with Crippen LogP contribution in [-0.2, 0) is 9.53 Å². The maximum absolute atomic E-state index is 13.2. The number of halogens is 2. The minimum absolute atomic E-state index is 0.0765. The number of carbonyl (C=O) groups is 2. The summed E-state index contributed by atoms with van der Waals surface area (Å²) >= 11 is 6.06. The molecule has 3 rings (SSSR count). The highest BCUT2D eigenvalue weighted by Crippen LogP contribution is 2.28. The maximum atomic E-state index is 13.2. The molecule has 29 heavy (non-hydrogen) atoms. The molecule has 8 heteroatoms. The number of aromatic nitrogens is 1. The van der Waals surface area contributed by atoms with E-state index in [1.165, 1.54) is 24.4 Å². The number of nitrogens with one attached hydrogen (secondary N) is 2. The molecule has 1 fully saturated rings. The lowest BCUT2D eigenvalue weighted by molar-refractivity contribution is -0.149. The van der Waals surface area contributed by atoms with Crippen molar-refractivity contribution in [1.29, 1.82) is 0 Å². The van der Waals surface area contributed by atoms with Gasteiger partial charge in [-0.05, 0) is 48.1 Å². The smallest absolute Gasteiger partial charge is 0.306 e. The molecule has 1 aliphatic heterocycles. The summed E-state index contributed by atoms with van der Waals surface area (Å²) in [5.41, 5.74) is 1.83. The molecule has 0 bridgehead atoms. The summed E-state index contributed by atoms with van der Waals surface area (Å²) in [6.45, 7) is 4.77. The van der Waals surface area contributed by atoms with Gasteiger partial charge in [0.1, 0.15) is 11.6 Å². The van der Waals surface area contributed by atoms with Crippen molar-refractivity contribution in [2.75, 3.05) is 18.5 Å². The number of amides is 1. The molecule has 154 valence electrons. The number of hydrogen-bond donors (Lipinski definition) is 2. The number of esters is 1. The Morgan fingerprint density at radius 3 is 2.86 bits per heavy atom. The predicted molar refractivity (Wildman–Crippen MR) is 109 cm³/mol. The summed E-state index contributed by atoms with van der Waals surface area (Å²) in [5, 5.41) is 6.20. The standard InChI is InChI=1S/C21H23ClFN3O3/c1-12(2)15-9-19(26-18-4-3-14(23)8-17(18)22)24-11-16(15)21(28)25-10-13-5-6-29-20(27)7-13/h3-4,8-9,11-13H,5-7,10H2,1-2H3,(H,24,26)(H,25,28). The van der Waals surface area contributed by atoms with Gasteiger partial charge < -0.3 is 15.4 Å². The van der Waals surface area contributed by atoms with Crippen LogP contribution in [0.2, 0.25) is 5.02 Å². The molecule has 0 radical (unpaired) electrons.